The predicted molar refractivity (Wildman–Crippen MR) is 118 cm³/mol. The van der Waals surface area contributed by atoms with Crippen molar-refractivity contribution >= 4 is 40.8 Å². The number of aromatic amines is 1. The third kappa shape index (κ3) is 6.45. The van der Waals surface area contributed by atoms with Crippen LogP contribution in [0.3, 0.4) is 0 Å². The average molecular weight is 497 g/mol. The van der Waals surface area contributed by atoms with Crippen molar-refractivity contribution in [2.24, 2.45) is 0 Å². The Morgan fingerprint density at radius 1 is 1.18 bits per heavy atom. The van der Waals surface area contributed by atoms with Crippen molar-refractivity contribution in [1.82, 2.24) is 20.6 Å². The molecule has 34 heavy (non-hydrogen) atoms. The number of aromatic nitrogens is 2. The summed E-state index contributed by atoms with van der Waals surface area (Å²) in [7, 11) is 0. The number of aliphatic carboxylic acids is 1. The zero-order valence-corrected chi connectivity index (χ0v) is 18.1. The van der Waals surface area contributed by atoms with E-state index in [2.05, 4.69) is 25.5 Å². The minimum atomic E-state index is -5.08. The van der Waals surface area contributed by atoms with Crippen LogP contribution in [0.25, 0.3) is 17.2 Å². The molecule has 2 aromatic rings. The van der Waals surface area contributed by atoms with Crippen LogP contribution in [-0.4, -0.2) is 64.5 Å². The van der Waals surface area contributed by atoms with Gasteiger partial charge >= 0.3 is 12.1 Å². The van der Waals surface area contributed by atoms with Gasteiger partial charge in [0.2, 0.25) is 0 Å². The Balaban J connectivity index is 0.000000406. The van der Waals surface area contributed by atoms with Crippen molar-refractivity contribution in [3.63, 3.8) is 0 Å². The second-order valence-electron chi connectivity index (χ2n) is 6.97. The van der Waals surface area contributed by atoms with Crippen LogP contribution >= 0.6 is 11.8 Å². The van der Waals surface area contributed by atoms with E-state index in [4.69, 9.17) is 9.90 Å². The van der Waals surface area contributed by atoms with Gasteiger partial charge in [0.25, 0.3) is 16.7 Å². The number of halogens is 3. The molecule has 0 atom stereocenters. The van der Waals surface area contributed by atoms with Crippen LogP contribution in [0.15, 0.2) is 40.3 Å². The highest BCUT2D eigenvalue weighted by Crippen LogP contribution is 2.26. The molecule has 2 fully saturated rings. The summed E-state index contributed by atoms with van der Waals surface area (Å²) in [6.45, 7) is 3.64. The molecule has 0 saturated carbocycles. The molecule has 0 aromatic carbocycles. The first-order chi connectivity index (χ1) is 16.0. The van der Waals surface area contributed by atoms with Crippen molar-refractivity contribution in [2.45, 2.75) is 6.18 Å². The van der Waals surface area contributed by atoms with Crippen LogP contribution in [0, 0.1) is 0 Å². The van der Waals surface area contributed by atoms with Crippen LogP contribution in [0.4, 0.5) is 23.8 Å². The number of carbonyl (C=O) groups excluding carboxylic acids is 2. The van der Waals surface area contributed by atoms with Gasteiger partial charge in [-0.3, -0.25) is 19.7 Å². The van der Waals surface area contributed by atoms with E-state index in [1.165, 1.54) is 6.20 Å². The second kappa shape index (κ2) is 10.5. The maximum atomic E-state index is 12.3. The molecule has 0 radical (unpaired) electrons. The van der Waals surface area contributed by atoms with E-state index in [0.29, 0.717) is 21.6 Å². The van der Waals surface area contributed by atoms with E-state index < -0.39 is 23.3 Å². The summed E-state index contributed by atoms with van der Waals surface area (Å²) >= 11 is 0.839. The first-order valence-corrected chi connectivity index (χ1v) is 10.6. The lowest BCUT2D eigenvalue weighted by Crippen LogP contribution is -2.43. The largest absolute Gasteiger partial charge is 0.490 e. The number of nitrogens with one attached hydrogen (secondary N) is 3. The van der Waals surface area contributed by atoms with Gasteiger partial charge in [0.15, 0.2) is 0 Å². The van der Waals surface area contributed by atoms with Crippen molar-refractivity contribution in [3.8, 4) is 11.1 Å². The van der Waals surface area contributed by atoms with Gasteiger partial charge in [0.05, 0.1) is 4.91 Å². The zero-order chi connectivity index (χ0) is 24.9. The Labute approximate surface area is 194 Å². The number of thioether (sulfide) groups is 1. The van der Waals surface area contributed by atoms with Gasteiger partial charge < -0.3 is 20.3 Å². The number of hydrogen-bond donors (Lipinski definition) is 4. The van der Waals surface area contributed by atoms with Crippen LogP contribution in [0.1, 0.15) is 5.56 Å². The van der Waals surface area contributed by atoms with E-state index in [9.17, 15) is 27.6 Å². The van der Waals surface area contributed by atoms with Crippen LogP contribution in [0.5, 0.6) is 0 Å². The number of hydrogen-bond acceptors (Lipinski definition) is 8. The minimum absolute atomic E-state index is 0.242. The topological polar surface area (TPSA) is 144 Å². The summed E-state index contributed by atoms with van der Waals surface area (Å²) in [5.41, 5.74) is 1.53. The highest BCUT2D eigenvalue weighted by atomic mass is 32.2. The lowest BCUT2D eigenvalue weighted by molar-refractivity contribution is -0.192. The third-order valence-corrected chi connectivity index (χ3v) is 5.42. The fraction of sp³-hybridized carbons (Fsp3) is 0.250. The van der Waals surface area contributed by atoms with Crippen molar-refractivity contribution in [3.05, 3.63) is 51.4 Å². The Hall–Kier alpha value is -3.65. The number of piperazine rings is 1. The Morgan fingerprint density at radius 3 is 2.38 bits per heavy atom. The van der Waals surface area contributed by atoms with Crippen molar-refractivity contribution in [2.75, 3.05) is 31.1 Å². The monoisotopic (exact) mass is 497 g/mol. The summed E-state index contributed by atoms with van der Waals surface area (Å²) in [5.74, 6) is -2.31. The number of amides is 2. The molecule has 4 rings (SSSR count). The molecule has 2 aliphatic heterocycles. The number of rotatable bonds is 3. The van der Waals surface area contributed by atoms with Gasteiger partial charge in [0.1, 0.15) is 5.82 Å². The molecule has 0 bridgehead atoms. The summed E-state index contributed by atoms with van der Waals surface area (Å²) in [6, 6.07) is 5.46. The number of carboxylic acids is 1. The SMILES string of the molecule is O=C(O)C(F)(F)F.O=C1NC(=O)C(=Cc2c[nH]c(=O)c(-c3ccc(N4CCNCC4)nc3)c2)S1. The van der Waals surface area contributed by atoms with Crippen LogP contribution < -0.4 is 21.1 Å². The van der Waals surface area contributed by atoms with Gasteiger partial charge in [-0.2, -0.15) is 13.2 Å². The van der Waals surface area contributed by atoms with Crippen LogP contribution in [-0.2, 0) is 9.59 Å². The number of H-pyrrole nitrogens is 1. The van der Waals surface area contributed by atoms with E-state index in [-0.39, 0.29) is 5.56 Å². The van der Waals surface area contributed by atoms with Gasteiger partial charge in [-0.05, 0) is 41.6 Å². The Kier molecular flexibility index (Phi) is 7.73. The smallest absolute Gasteiger partial charge is 0.475 e. The molecule has 0 unspecified atom stereocenters. The molecule has 2 amide bonds. The maximum absolute atomic E-state index is 12.3. The molecule has 180 valence electrons. The summed E-state index contributed by atoms with van der Waals surface area (Å²) < 4.78 is 31.7. The zero-order valence-electron chi connectivity index (χ0n) is 17.3. The highest BCUT2D eigenvalue weighted by Gasteiger charge is 2.38. The molecule has 14 heteroatoms. The van der Waals surface area contributed by atoms with Crippen LogP contribution in [0.2, 0.25) is 0 Å². The molecule has 2 aromatic heterocycles. The number of imide groups is 1. The van der Waals surface area contributed by atoms with Crippen molar-refractivity contribution < 1.29 is 32.7 Å². The van der Waals surface area contributed by atoms with Crippen molar-refractivity contribution in [1.29, 1.82) is 0 Å². The fourth-order valence-corrected chi connectivity index (χ4v) is 3.68. The average Bonchev–Trinajstić information content (AvgIpc) is 3.12. The summed E-state index contributed by atoms with van der Waals surface area (Å²) in [5, 5.41) is 12.2. The van der Waals surface area contributed by atoms with Gasteiger partial charge in [-0.1, -0.05) is 0 Å². The van der Waals surface area contributed by atoms with Gasteiger partial charge in [0, 0.05) is 49.7 Å². The number of anilines is 1. The Morgan fingerprint density at radius 2 is 1.85 bits per heavy atom. The standard InChI is InChI=1S/C18H17N5O3S.C2HF3O2/c24-16-13(7-11(9-21-16)8-14-17(25)22-18(26)27-14)12-1-2-15(20-10-12)23-5-3-19-4-6-23;3-2(4,5)1(6)7/h1-2,7-10,19H,3-6H2,(H,21,24)(H,22,25,26);(H,6,7). The summed E-state index contributed by atoms with van der Waals surface area (Å²) in [4.78, 5) is 53.8. The molecule has 2 aliphatic rings. The van der Waals surface area contributed by atoms with E-state index in [0.717, 1.165) is 43.8 Å². The number of carboxylic acid groups (broad SMARTS) is 1. The van der Waals surface area contributed by atoms with Gasteiger partial charge in [-0.25, -0.2) is 9.78 Å². The normalized spacial score (nSPS) is 17.3. The van der Waals surface area contributed by atoms with E-state index in [1.807, 2.05) is 12.1 Å². The molecule has 4 heterocycles. The fourth-order valence-electron chi connectivity index (χ4n) is 3.00. The molecule has 0 aliphatic carbocycles. The minimum Gasteiger partial charge on any atom is -0.475 e. The maximum Gasteiger partial charge on any atom is 0.490 e. The lowest BCUT2D eigenvalue weighted by atomic mass is 10.1. The molecule has 2 saturated heterocycles. The first-order valence-electron chi connectivity index (χ1n) is 9.74. The molecule has 0 spiro atoms. The predicted octanol–water partition coefficient (Wildman–Crippen LogP) is 1.80. The van der Waals surface area contributed by atoms with E-state index >= 15 is 0 Å². The lowest BCUT2D eigenvalue weighted by Gasteiger charge is -2.28. The highest BCUT2D eigenvalue weighted by molar-refractivity contribution is 8.18. The second-order valence-corrected chi connectivity index (χ2v) is 7.99. The third-order valence-electron chi connectivity index (χ3n) is 4.61. The van der Waals surface area contributed by atoms with E-state index in [1.54, 1.807) is 18.3 Å². The molecular weight excluding hydrogens is 479 g/mol. The van der Waals surface area contributed by atoms with Gasteiger partial charge in [-0.15, -0.1) is 0 Å². The summed E-state index contributed by atoms with van der Waals surface area (Å²) in [6.07, 6.45) is -0.315. The molecule has 10 nitrogen and oxygen atoms in total. The number of pyridine rings is 2. The first kappa shape index (κ1) is 25.0. The Bertz CT molecular complexity index is 1170. The quantitative estimate of drug-likeness (QED) is 0.467. The molecular formula is C20H18F3N5O5S. The number of carbonyl (C=O) groups is 3. The molecule has 4 N–H and O–H groups in total. The number of alkyl halides is 3. The number of nitrogens with zero attached hydrogens (tertiary/aromatic N) is 2.